The highest BCUT2D eigenvalue weighted by atomic mass is 19.1. The third-order valence-electron chi connectivity index (χ3n) is 7.61. The molecule has 1 fully saturated rings. The number of rotatable bonds is 5. The molecular weight excluding hydrogens is 474 g/mol. The Morgan fingerprint density at radius 2 is 1.86 bits per heavy atom. The van der Waals surface area contributed by atoms with E-state index >= 15 is 4.39 Å². The van der Waals surface area contributed by atoms with E-state index in [2.05, 4.69) is 6.58 Å². The van der Waals surface area contributed by atoms with Gasteiger partial charge in [-0.15, -0.1) is 6.58 Å². The molecule has 0 radical (unpaired) electrons. The smallest absolute Gasteiger partial charge is 0.492 e. The number of allylic oxidation sites excluding steroid dienone is 1. The Morgan fingerprint density at radius 3 is 2.51 bits per heavy atom. The van der Waals surface area contributed by atoms with Crippen molar-refractivity contribution in [1.29, 1.82) is 0 Å². The summed E-state index contributed by atoms with van der Waals surface area (Å²) >= 11 is 0. The molecule has 0 aromatic heterocycles. The number of ether oxygens (including phenoxy) is 3. The lowest BCUT2D eigenvalue weighted by molar-refractivity contribution is -0.141. The van der Waals surface area contributed by atoms with Gasteiger partial charge in [-0.2, -0.15) is 0 Å². The van der Waals surface area contributed by atoms with E-state index in [0.717, 1.165) is 16.6 Å². The van der Waals surface area contributed by atoms with E-state index in [1.165, 1.54) is 13.2 Å². The second-order valence-electron chi connectivity index (χ2n) is 10.7. The second-order valence-corrected chi connectivity index (χ2v) is 10.7. The fourth-order valence-corrected chi connectivity index (χ4v) is 4.96. The summed E-state index contributed by atoms with van der Waals surface area (Å²) in [6.45, 7) is 13.7. The minimum Gasteiger partial charge on any atom is -0.492 e. The highest BCUT2D eigenvalue weighted by Gasteiger charge is 2.52. The standard InChI is InChI=1S/C26H30BFO6.C3H6/c1-25(2)26(3,4)34-27(33-25)19-9-10-20(28)24-18(19)8-11-21(24)32-16-6-7-17-15(12-23(29)30-5)14-31-22(17)13-16;1-3-2/h6-7,9-10,13,15,21H,8,11-12,14H2,1-5H3;3H,1H2,2H3/t15-,21-;/m1./s1. The molecule has 5 rings (SSSR count). The van der Waals surface area contributed by atoms with Crippen molar-refractivity contribution in [1.82, 2.24) is 0 Å². The van der Waals surface area contributed by atoms with Crippen LogP contribution >= 0.6 is 0 Å². The summed E-state index contributed by atoms with van der Waals surface area (Å²) in [7, 11) is 0.838. The van der Waals surface area contributed by atoms with Gasteiger partial charge in [0.05, 0.1) is 31.3 Å². The molecule has 0 N–H and O–H groups in total. The summed E-state index contributed by atoms with van der Waals surface area (Å²) in [6, 6.07) is 8.83. The van der Waals surface area contributed by atoms with Gasteiger partial charge in [-0.3, -0.25) is 4.79 Å². The van der Waals surface area contributed by atoms with Gasteiger partial charge < -0.3 is 23.5 Å². The molecule has 3 aliphatic rings. The van der Waals surface area contributed by atoms with Crippen LogP contribution in [0.4, 0.5) is 4.39 Å². The van der Waals surface area contributed by atoms with Gasteiger partial charge in [-0.05, 0) is 70.6 Å². The maximum Gasteiger partial charge on any atom is 0.495 e. The highest BCUT2D eigenvalue weighted by molar-refractivity contribution is 6.62. The number of hydrogen-bond acceptors (Lipinski definition) is 6. The number of carbonyl (C=O) groups is 1. The maximum absolute atomic E-state index is 15.0. The fourth-order valence-electron chi connectivity index (χ4n) is 4.96. The number of fused-ring (bicyclic) bond motifs is 2. The molecule has 0 amide bonds. The Hall–Kier alpha value is -2.84. The first kappa shape index (κ1) is 27.2. The third-order valence-corrected chi connectivity index (χ3v) is 7.61. The molecule has 2 aromatic rings. The van der Waals surface area contributed by atoms with Gasteiger partial charge in [0.1, 0.15) is 23.4 Å². The van der Waals surface area contributed by atoms with Crippen molar-refractivity contribution in [2.75, 3.05) is 13.7 Å². The van der Waals surface area contributed by atoms with Gasteiger partial charge in [-0.25, -0.2) is 4.39 Å². The average Bonchev–Trinajstić information content (AvgIpc) is 3.49. The minimum atomic E-state index is -0.543. The van der Waals surface area contributed by atoms with Crippen LogP contribution < -0.4 is 14.9 Å². The lowest BCUT2D eigenvalue weighted by atomic mass is 9.75. The number of hydrogen-bond donors (Lipinski definition) is 0. The normalized spacial score (nSPS) is 22.3. The molecule has 37 heavy (non-hydrogen) atoms. The van der Waals surface area contributed by atoms with Gasteiger partial charge in [0, 0.05) is 23.1 Å². The molecule has 6 nitrogen and oxygen atoms in total. The molecule has 8 heteroatoms. The first-order valence-electron chi connectivity index (χ1n) is 12.7. The molecule has 198 valence electrons. The van der Waals surface area contributed by atoms with Gasteiger partial charge in [0.15, 0.2) is 0 Å². The van der Waals surface area contributed by atoms with Crippen molar-refractivity contribution in [3.8, 4) is 11.5 Å². The number of halogens is 1. The van der Waals surface area contributed by atoms with Crippen LogP contribution in [0.25, 0.3) is 0 Å². The molecule has 2 aliphatic heterocycles. The van der Waals surface area contributed by atoms with Crippen molar-refractivity contribution in [3.05, 3.63) is 65.5 Å². The lowest BCUT2D eigenvalue weighted by Crippen LogP contribution is -2.41. The van der Waals surface area contributed by atoms with Crippen LogP contribution in [0.1, 0.15) is 76.2 Å². The molecule has 2 aromatic carbocycles. The molecule has 2 heterocycles. The van der Waals surface area contributed by atoms with Crippen LogP contribution in [0.5, 0.6) is 11.5 Å². The summed E-state index contributed by atoms with van der Waals surface area (Å²) in [5, 5.41) is 0. The quantitative estimate of drug-likeness (QED) is 0.304. The molecule has 0 bridgehead atoms. The first-order chi connectivity index (χ1) is 17.5. The van der Waals surface area contributed by atoms with Crippen LogP contribution in [0, 0.1) is 5.82 Å². The Balaban J connectivity index is 0.00000102. The zero-order valence-electron chi connectivity index (χ0n) is 22.6. The molecule has 0 spiro atoms. The number of benzene rings is 2. The summed E-state index contributed by atoms with van der Waals surface area (Å²) in [5.41, 5.74) is 2.35. The summed E-state index contributed by atoms with van der Waals surface area (Å²) in [5.74, 6) is 0.710. The fraction of sp³-hybridized carbons (Fsp3) is 0.483. The van der Waals surface area contributed by atoms with Crippen molar-refractivity contribution in [2.45, 2.75) is 77.1 Å². The van der Waals surface area contributed by atoms with Crippen molar-refractivity contribution < 1.29 is 32.7 Å². The van der Waals surface area contributed by atoms with E-state index in [1.54, 1.807) is 12.1 Å². The van der Waals surface area contributed by atoms with Crippen LogP contribution in [0.2, 0.25) is 0 Å². The number of carbonyl (C=O) groups excluding carboxylic acids is 1. The molecule has 1 aliphatic carbocycles. The SMILES string of the molecule is C=CC.COC(=O)C[C@@H]1COc2cc(O[C@@H]3CCc4c(B5OC(C)(C)C(C)(C)O5)ccc(F)c43)ccc21. The zero-order chi connectivity index (χ0) is 27.0. The van der Waals surface area contributed by atoms with E-state index in [9.17, 15) is 4.79 Å². The van der Waals surface area contributed by atoms with Crippen molar-refractivity contribution >= 4 is 18.6 Å². The summed E-state index contributed by atoms with van der Waals surface area (Å²) in [6.07, 6.45) is 2.95. The van der Waals surface area contributed by atoms with Crippen LogP contribution in [-0.4, -0.2) is 38.0 Å². The monoisotopic (exact) mass is 510 g/mol. The predicted molar refractivity (Wildman–Crippen MR) is 141 cm³/mol. The second kappa shape index (κ2) is 10.5. The largest absolute Gasteiger partial charge is 0.495 e. The Kier molecular flexibility index (Phi) is 7.72. The van der Waals surface area contributed by atoms with E-state index < -0.39 is 24.4 Å². The molecule has 2 atom stereocenters. The van der Waals surface area contributed by atoms with Gasteiger partial charge in [0.2, 0.25) is 0 Å². The average molecular weight is 510 g/mol. The van der Waals surface area contributed by atoms with Gasteiger partial charge in [0.25, 0.3) is 0 Å². The van der Waals surface area contributed by atoms with Crippen molar-refractivity contribution in [2.24, 2.45) is 0 Å². The molecule has 1 saturated heterocycles. The number of esters is 1. The van der Waals surface area contributed by atoms with Gasteiger partial charge >= 0.3 is 13.1 Å². The Bertz CT molecular complexity index is 1160. The third kappa shape index (κ3) is 5.27. The summed E-state index contributed by atoms with van der Waals surface area (Å²) in [4.78, 5) is 11.7. The van der Waals surface area contributed by atoms with Crippen LogP contribution in [0.3, 0.4) is 0 Å². The topological polar surface area (TPSA) is 63.2 Å². The molecular formula is C29H36BFO6. The summed E-state index contributed by atoms with van der Waals surface area (Å²) < 4.78 is 44.3. The van der Waals surface area contributed by atoms with Gasteiger partial charge in [-0.1, -0.05) is 18.2 Å². The Morgan fingerprint density at radius 1 is 1.19 bits per heavy atom. The predicted octanol–water partition coefficient (Wildman–Crippen LogP) is 5.42. The Labute approximate surface area is 219 Å². The van der Waals surface area contributed by atoms with E-state index in [0.29, 0.717) is 36.5 Å². The maximum atomic E-state index is 15.0. The van der Waals surface area contributed by atoms with Crippen LogP contribution in [-0.2, 0) is 25.3 Å². The number of methoxy groups -OCH3 is 1. The highest BCUT2D eigenvalue weighted by Crippen LogP contribution is 2.42. The first-order valence-corrected chi connectivity index (χ1v) is 12.7. The van der Waals surface area contributed by atoms with E-state index in [1.807, 2.05) is 52.8 Å². The zero-order valence-corrected chi connectivity index (χ0v) is 22.6. The molecule has 0 saturated carbocycles. The van der Waals surface area contributed by atoms with Crippen molar-refractivity contribution in [3.63, 3.8) is 0 Å². The lowest BCUT2D eigenvalue weighted by Gasteiger charge is -2.32. The molecule has 0 unspecified atom stereocenters. The van der Waals surface area contributed by atoms with E-state index in [-0.39, 0.29) is 24.1 Å². The van der Waals surface area contributed by atoms with Crippen LogP contribution in [0.15, 0.2) is 43.0 Å². The minimum absolute atomic E-state index is 0.0383. The van der Waals surface area contributed by atoms with E-state index in [4.69, 9.17) is 23.5 Å².